The van der Waals surface area contributed by atoms with Crippen molar-refractivity contribution in [3.8, 4) is 0 Å². The minimum atomic E-state index is 0.409. The Morgan fingerprint density at radius 1 is 1.35 bits per heavy atom. The maximum Gasteiger partial charge on any atom is 0.0470 e. The van der Waals surface area contributed by atoms with E-state index in [0.717, 1.165) is 12.5 Å². The van der Waals surface area contributed by atoms with Gasteiger partial charge >= 0.3 is 0 Å². The molecule has 1 saturated heterocycles. The number of hydrogen-bond donors (Lipinski definition) is 1. The molecule has 2 unspecified atom stereocenters. The van der Waals surface area contributed by atoms with E-state index in [-0.39, 0.29) is 0 Å². The van der Waals surface area contributed by atoms with E-state index in [4.69, 9.17) is 5.73 Å². The fourth-order valence-electron chi connectivity index (χ4n) is 2.76. The van der Waals surface area contributed by atoms with E-state index in [0.29, 0.717) is 6.04 Å². The molecule has 0 aliphatic carbocycles. The second-order valence-electron chi connectivity index (χ2n) is 5.22. The van der Waals surface area contributed by atoms with Crippen molar-refractivity contribution in [3.63, 3.8) is 0 Å². The smallest absolute Gasteiger partial charge is 0.0470 e. The average Bonchev–Trinajstić information content (AvgIpc) is 2.81. The molecule has 2 nitrogen and oxygen atoms in total. The zero-order chi connectivity index (χ0) is 12.3. The van der Waals surface area contributed by atoms with E-state index in [9.17, 15) is 0 Å². The molecule has 1 heterocycles. The maximum absolute atomic E-state index is 5.97. The van der Waals surface area contributed by atoms with Crippen LogP contribution < -0.4 is 5.73 Å². The summed E-state index contributed by atoms with van der Waals surface area (Å²) in [7, 11) is 0. The van der Waals surface area contributed by atoms with Crippen LogP contribution >= 0.6 is 0 Å². The summed E-state index contributed by atoms with van der Waals surface area (Å²) in [5, 5.41) is 0. The number of benzene rings is 1. The zero-order valence-electron chi connectivity index (χ0n) is 11.0. The molecule has 1 aliphatic heterocycles. The molecule has 0 amide bonds. The molecular formula is C15H24N2. The van der Waals surface area contributed by atoms with E-state index in [1.54, 1.807) is 0 Å². The average molecular weight is 232 g/mol. The standard InChI is InChI=1S/C15H24N2/c1-3-13-8-9-17(11-13)15(10-16)14-6-4-12(2)5-7-14/h4-7,13,15H,3,8-11,16H2,1-2H3. The maximum atomic E-state index is 5.97. The van der Waals surface area contributed by atoms with Gasteiger partial charge in [-0.2, -0.15) is 0 Å². The lowest BCUT2D eigenvalue weighted by Gasteiger charge is -2.27. The number of aryl methyl sites for hydroxylation is 1. The third kappa shape index (κ3) is 2.88. The molecule has 2 rings (SSSR count). The first kappa shape index (κ1) is 12.6. The Morgan fingerprint density at radius 3 is 2.59 bits per heavy atom. The molecule has 1 fully saturated rings. The Labute approximate surface area is 105 Å². The van der Waals surface area contributed by atoms with Crippen molar-refractivity contribution in [1.82, 2.24) is 4.90 Å². The van der Waals surface area contributed by atoms with Crippen LogP contribution in [0.25, 0.3) is 0 Å². The van der Waals surface area contributed by atoms with E-state index in [1.165, 1.54) is 37.1 Å². The van der Waals surface area contributed by atoms with Crippen LogP contribution in [-0.4, -0.2) is 24.5 Å². The predicted molar refractivity (Wildman–Crippen MR) is 72.9 cm³/mol. The van der Waals surface area contributed by atoms with E-state index >= 15 is 0 Å². The largest absolute Gasteiger partial charge is 0.329 e. The highest BCUT2D eigenvalue weighted by atomic mass is 15.2. The lowest BCUT2D eigenvalue weighted by molar-refractivity contribution is 0.241. The molecule has 0 spiro atoms. The first-order valence-electron chi connectivity index (χ1n) is 6.75. The molecular weight excluding hydrogens is 208 g/mol. The first-order chi connectivity index (χ1) is 8.24. The van der Waals surface area contributed by atoms with Crippen LogP contribution in [0.3, 0.4) is 0 Å². The molecule has 1 aliphatic rings. The molecule has 94 valence electrons. The van der Waals surface area contributed by atoms with E-state index in [2.05, 4.69) is 43.0 Å². The highest BCUT2D eigenvalue weighted by molar-refractivity contribution is 5.24. The minimum Gasteiger partial charge on any atom is -0.329 e. The minimum absolute atomic E-state index is 0.409. The van der Waals surface area contributed by atoms with Gasteiger partial charge in [0.1, 0.15) is 0 Å². The van der Waals surface area contributed by atoms with Crippen molar-refractivity contribution in [2.24, 2.45) is 11.7 Å². The van der Waals surface area contributed by atoms with Crippen LogP contribution in [0.15, 0.2) is 24.3 Å². The van der Waals surface area contributed by atoms with Crippen LogP contribution in [0, 0.1) is 12.8 Å². The first-order valence-corrected chi connectivity index (χ1v) is 6.75. The number of likely N-dealkylation sites (tertiary alicyclic amines) is 1. The Kier molecular flexibility index (Phi) is 4.19. The highest BCUT2D eigenvalue weighted by Crippen LogP contribution is 2.28. The Balaban J connectivity index is 2.08. The Bertz CT molecular complexity index is 344. The van der Waals surface area contributed by atoms with Gasteiger partial charge in [0.05, 0.1) is 0 Å². The van der Waals surface area contributed by atoms with Gasteiger partial charge in [0.2, 0.25) is 0 Å². The summed E-state index contributed by atoms with van der Waals surface area (Å²) < 4.78 is 0. The van der Waals surface area contributed by atoms with Gasteiger partial charge < -0.3 is 5.73 Å². The van der Waals surface area contributed by atoms with Gasteiger partial charge in [-0.15, -0.1) is 0 Å². The highest BCUT2D eigenvalue weighted by Gasteiger charge is 2.27. The summed E-state index contributed by atoms with van der Waals surface area (Å²) in [6.07, 6.45) is 2.63. The summed E-state index contributed by atoms with van der Waals surface area (Å²) >= 11 is 0. The van der Waals surface area contributed by atoms with Crippen molar-refractivity contribution in [2.45, 2.75) is 32.7 Å². The summed E-state index contributed by atoms with van der Waals surface area (Å²) in [4.78, 5) is 2.55. The summed E-state index contributed by atoms with van der Waals surface area (Å²) in [5.41, 5.74) is 8.66. The van der Waals surface area contributed by atoms with Crippen LogP contribution in [0.4, 0.5) is 0 Å². The summed E-state index contributed by atoms with van der Waals surface area (Å²) in [6, 6.07) is 9.24. The molecule has 1 aromatic carbocycles. The lowest BCUT2D eigenvalue weighted by atomic mass is 10.0. The summed E-state index contributed by atoms with van der Waals surface area (Å²) in [6.45, 7) is 7.56. The molecule has 0 saturated carbocycles. The van der Waals surface area contributed by atoms with Crippen LogP contribution in [0.2, 0.25) is 0 Å². The third-order valence-electron chi connectivity index (χ3n) is 4.02. The number of nitrogens with two attached hydrogens (primary N) is 1. The third-order valence-corrected chi connectivity index (χ3v) is 4.02. The molecule has 17 heavy (non-hydrogen) atoms. The van der Waals surface area contributed by atoms with Crippen molar-refractivity contribution in [2.75, 3.05) is 19.6 Å². The van der Waals surface area contributed by atoms with Gasteiger partial charge in [0.25, 0.3) is 0 Å². The van der Waals surface area contributed by atoms with Gasteiger partial charge in [-0.1, -0.05) is 43.2 Å². The van der Waals surface area contributed by atoms with Crippen molar-refractivity contribution in [3.05, 3.63) is 35.4 Å². The molecule has 0 aromatic heterocycles. The van der Waals surface area contributed by atoms with Gasteiger partial charge in [-0.25, -0.2) is 0 Å². The van der Waals surface area contributed by atoms with Gasteiger partial charge in [-0.3, -0.25) is 4.90 Å². The van der Waals surface area contributed by atoms with Crippen molar-refractivity contribution >= 4 is 0 Å². The SMILES string of the molecule is CCC1CCN(C(CN)c2ccc(C)cc2)C1. The van der Waals surface area contributed by atoms with Crippen molar-refractivity contribution in [1.29, 1.82) is 0 Å². The van der Waals surface area contributed by atoms with Crippen molar-refractivity contribution < 1.29 is 0 Å². The quantitative estimate of drug-likeness (QED) is 0.865. The van der Waals surface area contributed by atoms with E-state index < -0.39 is 0 Å². The number of rotatable bonds is 4. The van der Waals surface area contributed by atoms with Crippen LogP contribution in [0.1, 0.15) is 36.9 Å². The van der Waals surface area contributed by atoms with Crippen LogP contribution in [0.5, 0.6) is 0 Å². The Morgan fingerprint density at radius 2 is 2.06 bits per heavy atom. The van der Waals surface area contributed by atoms with Gasteiger partial charge in [-0.05, 0) is 31.4 Å². The predicted octanol–water partition coefficient (Wildman–Crippen LogP) is 2.73. The second kappa shape index (κ2) is 5.65. The fourth-order valence-corrected chi connectivity index (χ4v) is 2.76. The molecule has 0 radical (unpaired) electrons. The van der Waals surface area contributed by atoms with Crippen LogP contribution in [-0.2, 0) is 0 Å². The summed E-state index contributed by atoms with van der Waals surface area (Å²) in [5.74, 6) is 0.870. The Hall–Kier alpha value is -0.860. The normalized spacial score (nSPS) is 22.9. The van der Waals surface area contributed by atoms with E-state index in [1.807, 2.05) is 0 Å². The van der Waals surface area contributed by atoms with Gasteiger partial charge in [0.15, 0.2) is 0 Å². The molecule has 2 heteroatoms. The second-order valence-corrected chi connectivity index (χ2v) is 5.22. The van der Waals surface area contributed by atoms with Gasteiger partial charge in [0, 0.05) is 19.1 Å². The molecule has 0 bridgehead atoms. The fraction of sp³-hybridized carbons (Fsp3) is 0.600. The zero-order valence-corrected chi connectivity index (χ0v) is 11.0. The number of hydrogen-bond acceptors (Lipinski definition) is 2. The monoisotopic (exact) mass is 232 g/mol. The number of nitrogens with zero attached hydrogens (tertiary/aromatic N) is 1. The molecule has 1 aromatic rings. The molecule has 2 N–H and O–H groups in total. The lowest BCUT2D eigenvalue weighted by Crippen LogP contribution is -2.32. The molecule has 2 atom stereocenters. The topological polar surface area (TPSA) is 29.3 Å².